The topological polar surface area (TPSA) is 53.6 Å². The van der Waals surface area contributed by atoms with Gasteiger partial charge in [0, 0.05) is 13.1 Å². The molecule has 4 nitrogen and oxygen atoms in total. The van der Waals surface area contributed by atoms with Crippen molar-refractivity contribution in [3.05, 3.63) is 0 Å². The maximum atomic E-state index is 5.55. The standard InChI is InChI=1S/C11H22N4/c1-11(2)6-3-7-15(8-11)10(14-12)13-9-4-5-9/h9H,3-8,12H2,1-2H3,(H,13,14). The largest absolute Gasteiger partial charge is 0.341 e. The number of aliphatic imine (C=N–C) groups is 1. The molecule has 1 aliphatic carbocycles. The van der Waals surface area contributed by atoms with Crippen molar-refractivity contribution in [3.8, 4) is 0 Å². The van der Waals surface area contributed by atoms with Crippen molar-refractivity contribution in [1.29, 1.82) is 0 Å². The van der Waals surface area contributed by atoms with Crippen LogP contribution in [0.15, 0.2) is 4.99 Å². The molecule has 0 atom stereocenters. The Labute approximate surface area is 91.9 Å². The van der Waals surface area contributed by atoms with E-state index in [9.17, 15) is 0 Å². The van der Waals surface area contributed by atoms with Crippen molar-refractivity contribution >= 4 is 5.96 Å². The van der Waals surface area contributed by atoms with Crippen molar-refractivity contribution in [2.45, 2.75) is 45.6 Å². The van der Waals surface area contributed by atoms with E-state index in [1.165, 1.54) is 25.7 Å². The minimum atomic E-state index is 0.388. The second-order valence-corrected chi connectivity index (χ2v) is 5.52. The monoisotopic (exact) mass is 210 g/mol. The lowest BCUT2D eigenvalue weighted by atomic mass is 9.84. The third kappa shape index (κ3) is 2.84. The Morgan fingerprint density at radius 2 is 2.20 bits per heavy atom. The van der Waals surface area contributed by atoms with Crippen LogP contribution in [0.5, 0.6) is 0 Å². The van der Waals surface area contributed by atoms with E-state index in [-0.39, 0.29) is 0 Å². The van der Waals surface area contributed by atoms with E-state index in [2.05, 4.69) is 29.2 Å². The molecule has 86 valence electrons. The molecule has 0 spiro atoms. The fourth-order valence-corrected chi connectivity index (χ4v) is 2.19. The Kier molecular flexibility index (Phi) is 2.87. The van der Waals surface area contributed by atoms with Gasteiger partial charge in [0.2, 0.25) is 5.96 Å². The van der Waals surface area contributed by atoms with Gasteiger partial charge in [-0.15, -0.1) is 0 Å². The van der Waals surface area contributed by atoms with E-state index >= 15 is 0 Å². The lowest BCUT2D eigenvalue weighted by molar-refractivity contribution is 0.174. The molecule has 15 heavy (non-hydrogen) atoms. The van der Waals surface area contributed by atoms with Gasteiger partial charge < -0.3 is 4.90 Å². The lowest BCUT2D eigenvalue weighted by Crippen LogP contribution is -2.51. The van der Waals surface area contributed by atoms with E-state index in [4.69, 9.17) is 5.84 Å². The Hall–Kier alpha value is -0.770. The first-order valence-corrected chi connectivity index (χ1v) is 5.90. The van der Waals surface area contributed by atoms with Crippen LogP contribution in [-0.2, 0) is 0 Å². The molecule has 1 saturated carbocycles. The summed E-state index contributed by atoms with van der Waals surface area (Å²) < 4.78 is 0. The van der Waals surface area contributed by atoms with Crippen molar-refractivity contribution in [3.63, 3.8) is 0 Å². The number of hydrogen-bond acceptors (Lipinski definition) is 2. The molecule has 2 fully saturated rings. The second kappa shape index (κ2) is 4.00. The molecule has 0 aromatic heterocycles. The molecule has 4 heteroatoms. The predicted molar refractivity (Wildman–Crippen MR) is 62.4 cm³/mol. The van der Waals surface area contributed by atoms with E-state index < -0.39 is 0 Å². The number of likely N-dealkylation sites (tertiary alicyclic amines) is 1. The lowest BCUT2D eigenvalue weighted by Gasteiger charge is -2.39. The highest BCUT2D eigenvalue weighted by molar-refractivity contribution is 5.79. The summed E-state index contributed by atoms with van der Waals surface area (Å²) in [6, 6.07) is 0.529. The van der Waals surface area contributed by atoms with Gasteiger partial charge in [0.25, 0.3) is 0 Å². The molecule has 2 rings (SSSR count). The highest BCUT2D eigenvalue weighted by Crippen LogP contribution is 2.29. The molecule has 1 heterocycles. The number of nitrogens with two attached hydrogens (primary N) is 1. The predicted octanol–water partition coefficient (Wildman–Crippen LogP) is 1.09. The van der Waals surface area contributed by atoms with Crippen LogP contribution >= 0.6 is 0 Å². The van der Waals surface area contributed by atoms with E-state index in [1.807, 2.05) is 0 Å². The van der Waals surface area contributed by atoms with Crippen LogP contribution < -0.4 is 11.3 Å². The first kappa shape index (κ1) is 10.7. The molecular formula is C11H22N4. The molecule has 0 unspecified atom stereocenters. The third-order valence-electron chi connectivity index (χ3n) is 3.18. The first-order valence-electron chi connectivity index (χ1n) is 5.90. The molecule has 0 amide bonds. The maximum Gasteiger partial charge on any atom is 0.208 e. The molecular weight excluding hydrogens is 188 g/mol. The number of hydrazine groups is 1. The van der Waals surface area contributed by atoms with Crippen LogP contribution in [-0.4, -0.2) is 30.0 Å². The Morgan fingerprint density at radius 3 is 2.73 bits per heavy atom. The zero-order valence-electron chi connectivity index (χ0n) is 9.79. The van der Waals surface area contributed by atoms with Gasteiger partial charge in [0.1, 0.15) is 0 Å². The number of guanidine groups is 1. The summed E-state index contributed by atoms with van der Waals surface area (Å²) in [4.78, 5) is 6.90. The number of nitrogens with one attached hydrogen (secondary N) is 1. The van der Waals surface area contributed by atoms with E-state index in [0.29, 0.717) is 11.5 Å². The van der Waals surface area contributed by atoms with E-state index in [0.717, 1.165) is 19.0 Å². The fraction of sp³-hybridized carbons (Fsp3) is 0.909. The molecule has 0 radical (unpaired) electrons. The summed E-state index contributed by atoms with van der Waals surface area (Å²) in [5.41, 5.74) is 3.15. The minimum Gasteiger partial charge on any atom is -0.341 e. The zero-order valence-corrected chi connectivity index (χ0v) is 9.79. The molecule has 1 aliphatic heterocycles. The number of piperidine rings is 1. The normalized spacial score (nSPS) is 26.6. The van der Waals surface area contributed by atoms with Gasteiger partial charge in [0.15, 0.2) is 0 Å². The Bertz CT molecular complexity index is 255. The van der Waals surface area contributed by atoms with Crippen molar-refractivity contribution in [1.82, 2.24) is 10.3 Å². The molecule has 1 saturated heterocycles. The fourth-order valence-electron chi connectivity index (χ4n) is 2.19. The van der Waals surface area contributed by atoms with Gasteiger partial charge in [-0.1, -0.05) is 13.8 Å². The average molecular weight is 210 g/mol. The molecule has 0 bridgehead atoms. The van der Waals surface area contributed by atoms with Crippen LogP contribution in [0.3, 0.4) is 0 Å². The van der Waals surface area contributed by atoms with Crippen LogP contribution in [0.25, 0.3) is 0 Å². The highest BCUT2D eigenvalue weighted by Gasteiger charge is 2.29. The maximum absolute atomic E-state index is 5.55. The molecule has 0 aromatic carbocycles. The summed E-state index contributed by atoms with van der Waals surface area (Å²) in [6.45, 7) is 6.76. The van der Waals surface area contributed by atoms with Crippen LogP contribution in [0.1, 0.15) is 39.5 Å². The Balaban J connectivity index is 2.00. The van der Waals surface area contributed by atoms with Crippen molar-refractivity contribution < 1.29 is 0 Å². The van der Waals surface area contributed by atoms with Gasteiger partial charge in [0.05, 0.1) is 6.04 Å². The number of nitrogens with zero attached hydrogens (tertiary/aromatic N) is 2. The van der Waals surface area contributed by atoms with Gasteiger partial charge in [-0.25, -0.2) is 10.8 Å². The van der Waals surface area contributed by atoms with Gasteiger partial charge >= 0.3 is 0 Å². The van der Waals surface area contributed by atoms with Gasteiger partial charge in [-0.2, -0.15) is 0 Å². The summed E-state index contributed by atoms with van der Waals surface area (Å²) >= 11 is 0. The second-order valence-electron chi connectivity index (χ2n) is 5.52. The summed E-state index contributed by atoms with van der Waals surface area (Å²) in [5, 5.41) is 0. The SMILES string of the molecule is CC1(C)CCCN(C(=NC2CC2)NN)C1. The minimum absolute atomic E-state index is 0.388. The number of hydrogen-bond donors (Lipinski definition) is 2. The average Bonchev–Trinajstić information content (AvgIpc) is 2.96. The zero-order chi connectivity index (χ0) is 10.9. The van der Waals surface area contributed by atoms with E-state index in [1.54, 1.807) is 0 Å². The van der Waals surface area contributed by atoms with Gasteiger partial charge in [-0.3, -0.25) is 5.43 Å². The Morgan fingerprint density at radius 1 is 1.47 bits per heavy atom. The highest BCUT2D eigenvalue weighted by atomic mass is 15.4. The van der Waals surface area contributed by atoms with Crippen molar-refractivity contribution in [2.75, 3.05) is 13.1 Å². The third-order valence-corrected chi connectivity index (χ3v) is 3.18. The summed E-state index contributed by atoms with van der Waals surface area (Å²) in [7, 11) is 0. The van der Waals surface area contributed by atoms with Gasteiger partial charge in [-0.05, 0) is 31.1 Å². The smallest absolute Gasteiger partial charge is 0.208 e. The first-order chi connectivity index (χ1) is 7.11. The molecule has 2 aliphatic rings. The van der Waals surface area contributed by atoms with Crippen molar-refractivity contribution in [2.24, 2.45) is 16.3 Å². The molecule has 3 N–H and O–H groups in total. The quantitative estimate of drug-likeness (QED) is 0.295. The van der Waals surface area contributed by atoms with Crippen LogP contribution in [0.4, 0.5) is 0 Å². The van der Waals surface area contributed by atoms with Crippen LogP contribution in [0.2, 0.25) is 0 Å². The summed E-state index contributed by atoms with van der Waals surface area (Å²) in [6.07, 6.45) is 4.98. The van der Waals surface area contributed by atoms with Crippen LogP contribution in [0, 0.1) is 5.41 Å². The molecule has 0 aromatic rings. The summed E-state index contributed by atoms with van der Waals surface area (Å²) in [5.74, 6) is 6.44. The number of rotatable bonds is 1.